The smallest absolute Gasteiger partial charge is 0.243 e. The van der Waals surface area contributed by atoms with Crippen LogP contribution in [0.3, 0.4) is 0 Å². The first kappa shape index (κ1) is 20.1. The minimum atomic E-state index is -0.602. The van der Waals surface area contributed by atoms with E-state index in [1.165, 1.54) is 32.1 Å². The maximum Gasteiger partial charge on any atom is 0.243 e. The van der Waals surface area contributed by atoms with Gasteiger partial charge in [0.25, 0.3) is 0 Å². The lowest BCUT2D eigenvalue weighted by Crippen LogP contribution is -2.43. The maximum absolute atomic E-state index is 11.7. The van der Waals surface area contributed by atoms with Gasteiger partial charge in [-0.15, -0.1) is 0 Å². The van der Waals surface area contributed by atoms with Crippen LogP contribution >= 0.6 is 0 Å². The minimum Gasteiger partial charge on any atom is -0.330 e. The molecule has 5 heteroatoms. The van der Waals surface area contributed by atoms with Crippen molar-refractivity contribution in [3.8, 4) is 0 Å². The van der Waals surface area contributed by atoms with Crippen molar-refractivity contribution in [1.82, 2.24) is 5.32 Å². The van der Waals surface area contributed by atoms with Crippen LogP contribution in [0.5, 0.6) is 0 Å². The van der Waals surface area contributed by atoms with Crippen molar-refractivity contribution in [1.29, 1.82) is 0 Å². The van der Waals surface area contributed by atoms with Crippen LogP contribution in [0.2, 0.25) is 0 Å². The molecule has 21 heavy (non-hydrogen) atoms. The zero-order valence-corrected chi connectivity index (χ0v) is 13.5. The van der Waals surface area contributed by atoms with Crippen LogP contribution in [0.4, 0.5) is 0 Å². The summed E-state index contributed by atoms with van der Waals surface area (Å²) >= 11 is 0. The molecule has 5 N–H and O–H groups in total. The summed E-state index contributed by atoms with van der Waals surface area (Å²) in [6.45, 7) is 2.80. The molecule has 0 aliphatic carbocycles. The number of carbonyl (C=O) groups excluding carboxylic acids is 2. The van der Waals surface area contributed by atoms with Gasteiger partial charge in [0.2, 0.25) is 11.8 Å². The average molecular weight is 299 g/mol. The molecule has 0 bridgehead atoms. The highest BCUT2D eigenvalue weighted by Gasteiger charge is 2.15. The van der Waals surface area contributed by atoms with Crippen LogP contribution in [-0.2, 0) is 9.59 Å². The van der Waals surface area contributed by atoms with Gasteiger partial charge in [-0.05, 0) is 25.8 Å². The molecule has 1 atom stereocenters. The van der Waals surface area contributed by atoms with Crippen LogP contribution in [0.1, 0.15) is 77.6 Å². The lowest BCUT2D eigenvalue weighted by molar-refractivity contribution is -0.131. The first-order valence-corrected chi connectivity index (χ1v) is 8.41. The summed E-state index contributed by atoms with van der Waals surface area (Å²) in [7, 11) is 0. The van der Waals surface area contributed by atoms with Crippen molar-refractivity contribution in [3.05, 3.63) is 0 Å². The molecule has 0 aromatic carbocycles. The number of imide groups is 1. The molecular weight excluding hydrogens is 266 g/mol. The predicted octanol–water partition coefficient (Wildman–Crippen LogP) is 2.23. The Morgan fingerprint density at radius 1 is 0.952 bits per heavy atom. The third kappa shape index (κ3) is 12.5. The van der Waals surface area contributed by atoms with E-state index in [0.29, 0.717) is 19.4 Å². The molecule has 0 saturated heterocycles. The highest BCUT2D eigenvalue weighted by molar-refractivity contribution is 5.97. The Balaban J connectivity index is 3.57. The van der Waals surface area contributed by atoms with E-state index in [-0.39, 0.29) is 11.8 Å². The second-order valence-electron chi connectivity index (χ2n) is 5.67. The molecule has 0 aliphatic rings. The third-order valence-electron chi connectivity index (χ3n) is 3.58. The summed E-state index contributed by atoms with van der Waals surface area (Å²) in [4.78, 5) is 23.3. The number of nitrogens with two attached hydrogens (primary N) is 2. The van der Waals surface area contributed by atoms with Gasteiger partial charge in [0.1, 0.15) is 0 Å². The normalized spacial score (nSPS) is 12.1. The van der Waals surface area contributed by atoms with Gasteiger partial charge < -0.3 is 11.5 Å². The quantitative estimate of drug-likeness (QED) is 0.454. The molecule has 0 aromatic heterocycles. The molecular formula is C16H33N3O2. The molecule has 0 aliphatic heterocycles. The Kier molecular flexibility index (Phi) is 13.4. The number of rotatable bonds is 13. The van der Waals surface area contributed by atoms with Crippen molar-refractivity contribution in [2.45, 2.75) is 83.6 Å². The fourth-order valence-corrected chi connectivity index (χ4v) is 2.17. The van der Waals surface area contributed by atoms with Gasteiger partial charge in [0, 0.05) is 6.42 Å². The second-order valence-corrected chi connectivity index (χ2v) is 5.67. The fraction of sp³-hybridized carbons (Fsp3) is 0.875. The van der Waals surface area contributed by atoms with Crippen LogP contribution < -0.4 is 16.8 Å². The van der Waals surface area contributed by atoms with E-state index in [0.717, 1.165) is 25.7 Å². The topological polar surface area (TPSA) is 98.2 Å². The molecule has 0 spiro atoms. The first-order valence-electron chi connectivity index (χ1n) is 8.41. The molecule has 0 aromatic rings. The lowest BCUT2D eigenvalue weighted by atomic mass is 10.1. The van der Waals surface area contributed by atoms with E-state index >= 15 is 0 Å². The Labute approximate surface area is 129 Å². The maximum atomic E-state index is 11.7. The number of amides is 2. The van der Waals surface area contributed by atoms with Crippen LogP contribution in [0.25, 0.3) is 0 Å². The van der Waals surface area contributed by atoms with Gasteiger partial charge in [-0.2, -0.15) is 0 Å². The zero-order chi connectivity index (χ0) is 15.9. The predicted molar refractivity (Wildman–Crippen MR) is 86.6 cm³/mol. The monoisotopic (exact) mass is 299 g/mol. The summed E-state index contributed by atoms with van der Waals surface area (Å²) in [6.07, 6.45) is 10.8. The van der Waals surface area contributed by atoms with E-state index in [4.69, 9.17) is 11.5 Å². The Hall–Kier alpha value is -0.940. The Morgan fingerprint density at radius 3 is 2.19 bits per heavy atom. The van der Waals surface area contributed by atoms with Crippen molar-refractivity contribution in [2.24, 2.45) is 11.5 Å². The minimum absolute atomic E-state index is 0.206. The number of hydrogen-bond acceptors (Lipinski definition) is 4. The van der Waals surface area contributed by atoms with Gasteiger partial charge in [0.05, 0.1) is 6.04 Å². The summed E-state index contributed by atoms with van der Waals surface area (Å²) in [6, 6.07) is -0.602. The fourth-order valence-electron chi connectivity index (χ4n) is 2.17. The molecule has 0 unspecified atom stereocenters. The lowest BCUT2D eigenvalue weighted by Gasteiger charge is -2.11. The van der Waals surface area contributed by atoms with Gasteiger partial charge in [-0.25, -0.2) is 0 Å². The van der Waals surface area contributed by atoms with Crippen molar-refractivity contribution >= 4 is 11.8 Å². The zero-order valence-electron chi connectivity index (χ0n) is 13.5. The SMILES string of the molecule is CCCCCCCCCC(=O)NC(=O)[C@@H](N)CCCCN. The molecule has 0 heterocycles. The van der Waals surface area contributed by atoms with Crippen molar-refractivity contribution < 1.29 is 9.59 Å². The van der Waals surface area contributed by atoms with E-state index in [1.54, 1.807) is 0 Å². The van der Waals surface area contributed by atoms with Gasteiger partial charge in [-0.1, -0.05) is 51.9 Å². The average Bonchev–Trinajstić information content (AvgIpc) is 2.46. The van der Waals surface area contributed by atoms with Crippen molar-refractivity contribution in [3.63, 3.8) is 0 Å². The number of carbonyl (C=O) groups is 2. The van der Waals surface area contributed by atoms with Gasteiger partial charge in [-0.3, -0.25) is 14.9 Å². The summed E-state index contributed by atoms with van der Waals surface area (Å²) in [5.74, 6) is -0.567. The van der Waals surface area contributed by atoms with Gasteiger partial charge in [0.15, 0.2) is 0 Å². The second kappa shape index (κ2) is 14.0. The van der Waals surface area contributed by atoms with Crippen LogP contribution in [0.15, 0.2) is 0 Å². The Bertz CT molecular complexity index is 283. The van der Waals surface area contributed by atoms with Crippen LogP contribution in [0, 0.1) is 0 Å². The molecule has 0 rings (SSSR count). The number of hydrogen-bond donors (Lipinski definition) is 3. The third-order valence-corrected chi connectivity index (χ3v) is 3.58. The summed E-state index contributed by atoms with van der Waals surface area (Å²) < 4.78 is 0. The molecule has 124 valence electrons. The standard InChI is InChI=1S/C16H33N3O2/c1-2-3-4-5-6-7-8-12-15(20)19-16(21)14(18)11-9-10-13-17/h14H,2-13,17-18H2,1H3,(H,19,20,21)/t14-/m0/s1. The highest BCUT2D eigenvalue weighted by atomic mass is 16.2. The van der Waals surface area contributed by atoms with E-state index in [9.17, 15) is 9.59 Å². The summed E-state index contributed by atoms with van der Waals surface area (Å²) in [5.41, 5.74) is 11.1. The first-order chi connectivity index (χ1) is 10.1. The van der Waals surface area contributed by atoms with Gasteiger partial charge >= 0.3 is 0 Å². The molecule has 0 saturated carbocycles. The van der Waals surface area contributed by atoms with E-state index in [1.807, 2.05) is 0 Å². The molecule has 5 nitrogen and oxygen atoms in total. The molecule has 2 amide bonds. The molecule has 0 radical (unpaired) electrons. The summed E-state index contributed by atoms with van der Waals surface area (Å²) in [5, 5.41) is 2.38. The number of unbranched alkanes of at least 4 members (excludes halogenated alkanes) is 7. The number of nitrogens with one attached hydrogen (secondary N) is 1. The highest BCUT2D eigenvalue weighted by Crippen LogP contribution is 2.08. The largest absolute Gasteiger partial charge is 0.330 e. The van der Waals surface area contributed by atoms with E-state index < -0.39 is 6.04 Å². The Morgan fingerprint density at radius 2 is 1.57 bits per heavy atom. The molecule has 0 fully saturated rings. The van der Waals surface area contributed by atoms with Crippen LogP contribution in [-0.4, -0.2) is 24.4 Å². The van der Waals surface area contributed by atoms with Crippen molar-refractivity contribution in [2.75, 3.05) is 6.54 Å². The van der Waals surface area contributed by atoms with E-state index in [2.05, 4.69) is 12.2 Å².